The average molecular weight is 330 g/mol. The van der Waals surface area contributed by atoms with Crippen molar-refractivity contribution in [1.29, 1.82) is 0 Å². The van der Waals surface area contributed by atoms with Gasteiger partial charge in [-0.25, -0.2) is 0 Å². The highest BCUT2D eigenvalue weighted by molar-refractivity contribution is 7.12. The predicted octanol–water partition coefficient (Wildman–Crippen LogP) is 3.97. The van der Waals surface area contributed by atoms with Crippen molar-refractivity contribution in [3.05, 3.63) is 46.4 Å². The highest BCUT2D eigenvalue weighted by atomic mass is 32.1. The van der Waals surface area contributed by atoms with Gasteiger partial charge in [0.1, 0.15) is 5.75 Å². The number of aryl methyl sites for hydroxylation is 1. The Bertz CT molecular complexity index is 641. The summed E-state index contributed by atoms with van der Waals surface area (Å²) in [5, 5.41) is 0. The first-order valence-electron chi connectivity index (χ1n) is 8.12. The summed E-state index contributed by atoms with van der Waals surface area (Å²) in [6.07, 6.45) is 6.87. The van der Waals surface area contributed by atoms with E-state index in [1.165, 1.54) is 9.75 Å². The molecule has 1 fully saturated rings. The minimum atomic E-state index is 0.244. The lowest BCUT2D eigenvalue weighted by atomic mass is 10.1. The average Bonchev–Trinajstić information content (AvgIpc) is 3.21. The zero-order valence-corrected chi connectivity index (χ0v) is 14.2. The van der Waals surface area contributed by atoms with Crippen LogP contribution in [0.15, 0.2) is 36.7 Å². The number of rotatable bonds is 6. The third-order valence-electron chi connectivity index (χ3n) is 4.10. The smallest absolute Gasteiger partial charge is 0.223 e. The van der Waals surface area contributed by atoms with E-state index < -0.39 is 0 Å². The molecule has 1 aliphatic rings. The van der Waals surface area contributed by atoms with Gasteiger partial charge < -0.3 is 9.64 Å². The highest BCUT2D eigenvalue weighted by Crippen LogP contribution is 2.36. The van der Waals surface area contributed by atoms with Crippen molar-refractivity contribution < 1.29 is 9.53 Å². The molecule has 1 saturated heterocycles. The minimum Gasteiger partial charge on any atom is -0.492 e. The zero-order chi connectivity index (χ0) is 16.1. The summed E-state index contributed by atoms with van der Waals surface area (Å²) in [6.45, 7) is 3.54. The number of pyridine rings is 1. The Kier molecular flexibility index (Phi) is 5.28. The second kappa shape index (κ2) is 7.59. The Morgan fingerprint density at radius 2 is 2.35 bits per heavy atom. The molecular weight excluding hydrogens is 308 g/mol. The number of carbonyl (C=O) groups is 1. The van der Waals surface area contributed by atoms with Crippen LogP contribution in [0.2, 0.25) is 0 Å². The molecule has 5 heteroatoms. The Morgan fingerprint density at radius 1 is 1.43 bits per heavy atom. The van der Waals surface area contributed by atoms with Crippen LogP contribution in [0.1, 0.15) is 41.5 Å². The van der Waals surface area contributed by atoms with Crippen molar-refractivity contribution in [2.45, 2.75) is 38.6 Å². The molecule has 1 amide bonds. The molecule has 4 nitrogen and oxygen atoms in total. The number of likely N-dealkylation sites (tertiary alicyclic amines) is 1. The topological polar surface area (TPSA) is 42.4 Å². The molecule has 1 aliphatic heterocycles. The molecule has 0 radical (unpaired) electrons. The van der Waals surface area contributed by atoms with Gasteiger partial charge in [0.2, 0.25) is 5.91 Å². The molecule has 0 aromatic carbocycles. The monoisotopic (exact) mass is 330 g/mol. The number of carbonyl (C=O) groups excluding carboxylic acids is 1. The summed E-state index contributed by atoms with van der Waals surface area (Å²) in [6, 6.07) is 8.31. The van der Waals surface area contributed by atoms with Crippen molar-refractivity contribution in [1.82, 2.24) is 9.88 Å². The van der Waals surface area contributed by atoms with Gasteiger partial charge in [0.15, 0.2) is 0 Å². The number of nitrogens with zero attached hydrogens (tertiary/aromatic N) is 2. The van der Waals surface area contributed by atoms with Gasteiger partial charge in [-0.2, -0.15) is 0 Å². The number of ether oxygens (including phenoxy) is 1. The van der Waals surface area contributed by atoms with Crippen LogP contribution < -0.4 is 4.74 Å². The fraction of sp³-hybridized carbons (Fsp3) is 0.444. The van der Waals surface area contributed by atoms with Gasteiger partial charge >= 0.3 is 0 Å². The van der Waals surface area contributed by atoms with E-state index in [1.54, 1.807) is 23.7 Å². The molecule has 0 bridgehead atoms. The minimum absolute atomic E-state index is 0.244. The molecule has 3 heterocycles. The number of aromatic nitrogens is 1. The van der Waals surface area contributed by atoms with Gasteiger partial charge in [-0.05, 0) is 50.5 Å². The van der Waals surface area contributed by atoms with Crippen LogP contribution in [0.25, 0.3) is 0 Å². The van der Waals surface area contributed by atoms with Gasteiger partial charge in [-0.1, -0.05) is 0 Å². The second-order valence-electron chi connectivity index (χ2n) is 5.83. The van der Waals surface area contributed by atoms with Crippen LogP contribution in [-0.4, -0.2) is 28.9 Å². The van der Waals surface area contributed by atoms with Crippen LogP contribution in [0.4, 0.5) is 0 Å². The van der Waals surface area contributed by atoms with E-state index in [0.29, 0.717) is 13.0 Å². The maximum absolute atomic E-state index is 12.5. The highest BCUT2D eigenvalue weighted by Gasteiger charge is 2.30. The van der Waals surface area contributed by atoms with Gasteiger partial charge in [-0.3, -0.25) is 9.78 Å². The Hall–Kier alpha value is -1.88. The number of thiophene rings is 1. The first kappa shape index (κ1) is 16.0. The van der Waals surface area contributed by atoms with E-state index in [9.17, 15) is 4.79 Å². The summed E-state index contributed by atoms with van der Waals surface area (Å²) < 4.78 is 5.60. The first-order valence-corrected chi connectivity index (χ1v) is 8.94. The van der Waals surface area contributed by atoms with Crippen molar-refractivity contribution in [3.8, 4) is 5.75 Å². The van der Waals surface area contributed by atoms with Gasteiger partial charge in [0.25, 0.3) is 0 Å². The molecule has 2 aromatic rings. The van der Waals surface area contributed by atoms with E-state index in [2.05, 4.69) is 28.9 Å². The lowest BCUT2D eigenvalue weighted by Crippen LogP contribution is -2.30. The lowest BCUT2D eigenvalue weighted by molar-refractivity contribution is -0.132. The maximum Gasteiger partial charge on any atom is 0.223 e. The van der Waals surface area contributed by atoms with Gasteiger partial charge in [-0.15, -0.1) is 11.3 Å². The summed E-state index contributed by atoms with van der Waals surface area (Å²) in [5.41, 5.74) is 0. The molecule has 0 saturated carbocycles. The fourth-order valence-electron chi connectivity index (χ4n) is 2.98. The first-order chi connectivity index (χ1) is 11.2. The van der Waals surface area contributed by atoms with Crippen molar-refractivity contribution in [2.24, 2.45) is 0 Å². The molecule has 122 valence electrons. The van der Waals surface area contributed by atoms with E-state index in [1.807, 2.05) is 12.1 Å². The quantitative estimate of drug-likeness (QED) is 0.753. The molecule has 0 unspecified atom stereocenters. The molecular formula is C18H22N2O2S. The van der Waals surface area contributed by atoms with Crippen molar-refractivity contribution in [2.75, 3.05) is 13.2 Å². The molecule has 23 heavy (non-hydrogen) atoms. The number of amides is 1. The molecule has 3 rings (SSSR count). The van der Waals surface area contributed by atoms with E-state index in [0.717, 1.165) is 31.6 Å². The van der Waals surface area contributed by atoms with E-state index in [-0.39, 0.29) is 11.9 Å². The summed E-state index contributed by atoms with van der Waals surface area (Å²) >= 11 is 1.81. The number of hydrogen-bond donors (Lipinski definition) is 0. The third kappa shape index (κ3) is 4.10. The maximum atomic E-state index is 12.5. The summed E-state index contributed by atoms with van der Waals surface area (Å²) in [4.78, 5) is 21.2. The van der Waals surface area contributed by atoms with Crippen LogP contribution >= 0.6 is 11.3 Å². The molecule has 1 atom stereocenters. The van der Waals surface area contributed by atoms with Crippen molar-refractivity contribution >= 4 is 17.2 Å². The van der Waals surface area contributed by atoms with E-state index in [4.69, 9.17) is 4.74 Å². The predicted molar refractivity (Wildman–Crippen MR) is 91.7 cm³/mol. The molecule has 0 N–H and O–H groups in total. The normalized spacial score (nSPS) is 17.4. The standard InChI is InChI=1S/C18H22N2O2S/c1-14-8-9-17(23-14)16-6-3-11-20(16)18(21)7-4-12-22-15-5-2-10-19-13-15/h2,5,8-10,13,16H,3-4,6-7,11-12H2,1H3/t16-/m1/s1. The van der Waals surface area contributed by atoms with Crippen LogP contribution in [0, 0.1) is 6.92 Å². The number of hydrogen-bond acceptors (Lipinski definition) is 4. The lowest BCUT2D eigenvalue weighted by Gasteiger charge is -2.24. The van der Waals surface area contributed by atoms with Gasteiger partial charge in [0, 0.05) is 28.9 Å². The van der Waals surface area contributed by atoms with Crippen LogP contribution in [-0.2, 0) is 4.79 Å². The summed E-state index contributed by atoms with van der Waals surface area (Å²) in [7, 11) is 0. The summed E-state index contributed by atoms with van der Waals surface area (Å²) in [5.74, 6) is 1.00. The third-order valence-corrected chi connectivity index (χ3v) is 5.20. The largest absolute Gasteiger partial charge is 0.492 e. The zero-order valence-electron chi connectivity index (χ0n) is 13.4. The Labute approximate surface area is 141 Å². The Balaban J connectivity index is 1.47. The van der Waals surface area contributed by atoms with E-state index >= 15 is 0 Å². The Morgan fingerprint density at radius 3 is 3.09 bits per heavy atom. The van der Waals surface area contributed by atoms with Crippen molar-refractivity contribution in [3.63, 3.8) is 0 Å². The van der Waals surface area contributed by atoms with Crippen LogP contribution in [0.5, 0.6) is 5.75 Å². The molecule has 2 aromatic heterocycles. The molecule has 0 spiro atoms. The SMILES string of the molecule is Cc1ccc([C@H]2CCCN2C(=O)CCCOc2cccnc2)s1. The van der Waals surface area contributed by atoms with Gasteiger partial charge in [0.05, 0.1) is 18.8 Å². The second-order valence-corrected chi connectivity index (χ2v) is 7.15. The fourth-order valence-corrected chi connectivity index (χ4v) is 4.01. The molecule has 0 aliphatic carbocycles. The van der Waals surface area contributed by atoms with Crippen LogP contribution in [0.3, 0.4) is 0 Å².